The van der Waals surface area contributed by atoms with Crippen molar-refractivity contribution in [3.8, 4) is 0 Å². The largest absolute Gasteiger partial charge is 0.285 e. The summed E-state index contributed by atoms with van der Waals surface area (Å²) < 4.78 is 2.47. The summed E-state index contributed by atoms with van der Waals surface area (Å²) in [7, 11) is 0. The molecular weight excluding hydrogens is 232 g/mol. The molecule has 2 aromatic carbocycles. The third-order valence-corrected chi connectivity index (χ3v) is 4.18. The van der Waals surface area contributed by atoms with E-state index in [4.69, 9.17) is 0 Å². The summed E-state index contributed by atoms with van der Waals surface area (Å²) in [5.41, 5.74) is 1.35. The lowest BCUT2D eigenvalue weighted by atomic mass is 10.1. The fraction of sp³-hybridized carbons (Fsp3) is 0.235. The second-order valence-electron chi connectivity index (χ2n) is 5.12. The van der Waals surface area contributed by atoms with Crippen molar-refractivity contribution in [3.05, 3.63) is 48.5 Å². The van der Waals surface area contributed by atoms with Crippen LogP contribution in [-0.2, 0) is 6.54 Å². The molecule has 0 N–H and O–H groups in total. The summed E-state index contributed by atoms with van der Waals surface area (Å²) in [6, 6.07) is 17.5. The van der Waals surface area contributed by atoms with Crippen molar-refractivity contribution >= 4 is 27.5 Å². The van der Waals surface area contributed by atoms with E-state index < -0.39 is 0 Å². The Labute approximate surface area is 112 Å². The summed E-state index contributed by atoms with van der Waals surface area (Å²) in [5, 5.41) is 4.10. The van der Waals surface area contributed by atoms with E-state index in [-0.39, 0.29) is 0 Å². The highest BCUT2D eigenvalue weighted by molar-refractivity contribution is 6.08. The van der Waals surface area contributed by atoms with Crippen LogP contribution in [0.15, 0.2) is 48.5 Å². The first-order valence-electron chi connectivity index (χ1n) is 6.98. The summed E-state index contributed by atoms with van der Waals surface area (Å²) in [4.78, 5) is 2.48. The smallest absolute Gasteiger partial charge is 0.257 e. The Hall–Kier alpha value is -2.09. The van der Waals surface area contributed by atoms with E-state index >= 15 is 0 Å². The fourth-order valence-electron chi connectivity index (χ4n) is 3.31. The van der Waals surface area contributed by atoms with Crippen LogP contribution in [0.2, 0.25) is 0 Å². The minimum absolute atomic E-state index is 1.07. The van der Waals surface area contributed by atoms with Crippen LogP contribution in [0.3, 0.4) is 0 Å². The van der Waals surface area contributed by atoms with E-state index in [2.05, 4.69) is 64.9 Å². The van der Waals surface area contributed by atoms with E-state index in [0.717, 1.165) is 19.6 Å². The molecule has 4 rings (SSSR count). The number of rotatable bonds is 1. The number of hydrogen-bond acceptors (Lipinski definition) is 1. The molecule has 0 amide bonds. The molecular formula is C17H17N2+. The summed E-state index contributed by atoms with van der Waals surface area (Å²) in [6.07, 6.45) is 0. The normalized spacial score (nSPS) is 14.3. The van der Waals surface area contributed by atoms with Crippen LogP contribution >= 0.6 is 0 Å². The van der Waals surface area contributed by atoms with Gasteiger partial charge in [-0.25, -0.2) is 4.57 Å². The fourth-order valence-corrected chi connectivity index (χ4v) is 3.31. The monoisotopic (exact) mass is 249 g/mol. The minimum Gasteiger partial charge on any atom is -0.257 e. The molecule has 0 fully saturated rings. The Morgan fingerprint density at radius 3 is 2.42 bits per heavy atom. The summed E-state index contributed by atoms with van der Waals surface area (Å²) in [6.45, 7) is 5.52. The van der Waals surface area contributed by atoms with Crippen LogP contribution in [-0.4, -0.2) is 13.1 Å². The molecule has 0 atom stereocenters. The Kier molecular flexibility index (Phi) is 2.25. The number of benzene rings is 2. The second kappa shape index (κ2) is 3.95. The Morgan fingerprint density at radius 1 is 0.947 bits per heavy atom. The van der Waals surface area contributed by atoms with Crippen LogP contribution < -0.4 is 9.47 Å². The third kappa shape index (κ3) is 1.40. The van der Waals surface area contributed by atoms with Gasteiger partial charge in [0.25, 0.3) is 5.82 Å². The molecule has 0 aliphatic carbocycles. The average molecular weight is 249 g/mol. The Balaban J connectivity index is 2.25. The SMILES string of the molecule is CCN1CC[n+]2c1c1ccccc1c1ccccc12. The highest BCUT2D eigenvalue weighted by Gasteiger charge is 2.30. The predicted molar refractivity (Wildman–Crippen MR) is 79.5 cm³/mol. The Morgan fingerprint density at radius 2 is 1.63 bits per heavy atom. The third-order valence-electron chi connectivity index (χ3n) is 4.18. The lowest BCUT2D eigenvalue weighted by Gasteiger charge is -2.12. The number of nitrogens with zero attached hydrogens (tertiary/aromatic N) is 2. The van der Waals surface area contributed by atoms with Crippen LogP contribution in [0.5, 0.6) is 0 Å². The van der Waals surface area contributed by atoms with Gasteiger partial charge in [0.15, 0.2) is 0 Å². The van der Waals surface area contributed by atoms with E-state index in [1.807, 2.05) is 0 Å². The molecule has 2 nitrogen and oxygen atoms in total. The van der Waals surface area contributed by atoms with Crippen molar-refractivity contribution in [3.63, 3.8) is 0 Å². The highest BCUT2D eigenvalue weighted by atomic mass is 15.3. The molecule has 1 aromatic heterocycles. The molecule has 0 saturated heterocycles. The maximum atomic E-state index is 2.48. The molecule has 0 bridgehead atoms. The molecule has 3 aromatic rings. The molecule has 2 heteroatoms. The van der Waals surface area contributed by atoms with Gasteiger partial charge in [0.1, 0.15) is 18.6 Å². The van der Waals surface area contributed by atoms with Gasteiger partial charge in [-0.15, -0.1) is 0 Å². The van der Waals surface area contributed by atoms with Crippen molar-refractivity contribution < 1.29 is 4.57 Å². The standard InChI is InChI=1S/C17H17N2/c1-2-18-11-12-19-16-10-6-5-8-14(16)13-7-3-4-9-15(13)17(18)19/h3-10H,2,11-12H2,1H3/q+1. The molecule has 2 heterocycles. The maximum Gasteiger partial charge on any atom is 0.285 e. The first kappa shape index (κ1) is 10.8. The van der Waals surface area contributed by atoms with E-state index in [0.29, 0.717) is 0 Å². The number of fused-ring (bicyclic) bond motifs is 6. The predicted octanol–water partition coefficient (Wildman–Crippen LogP) is 3.12. The first-order valence-corrected chi connectivity index (χ1v) is 6.98. The molecule has 94 valence electrons. The van der Waals surface area contributed by atoms with E-state index in [1.165, 1.54) is 27.5 Å². The van der Waals surface area contributed by atoms with Gasteiger partial charge in [-0.2, -0.15) is 0 Å². The van der Waals surface area contributed by atoms with Gasteiger partial charge in [-0.05, 0) is 19.1 Å². The Bertz CT molecular complexity index is 777. The van der Waals surface area contributed by atoms with Gasteiger partial charge < -0.3 is 0 Å². The van der Waals surface area contributed by atoms with Crippen LogP contribution in [0.25, 0.3) is 21.7 Å². The summed E-state index contributed by atoms with van der Waals surface area (Å²) in [5.74, 6) is 1.39. The molecule has 0 spiro atoms. The maximum absolute atomic E-state index is 2.48. The lowest BCUT2D eigenvalue weighted by Crippen LogP contribution is -2.32. The highest BCUT2D eigenvalue weighted by Crippen LogP contribution is 2.31. The minimum atomic E-state index is 1.07. The van der Waals surface area contributed by atoms with Gasteiger partial charge in [0, 0.05) is 10.8 Å². The quantitative estimate of drug-likeness (QED) is 0.475. The number of aromatic nitrogens is 1. The second-order valence-corrected chi connectivity index (χ2v) is 5.12. The number of pyridine rings is 1. The number of para-hydroxylation sites is 1. The lowest BCUT2D eigenvalue weighted by molar-refractivity contribution is -0.643. The molecule has 1 aliphatic rings. The van der Waals surface area contributed by atoms with Crippen molar-refractivity contribution in [1.82, 2.24) is 0 Å². The van der Waals surface area contributed by atoms with Gasteiger partial charge >= 0.3 is 0 Å². The molecule has 0 radical (unpaired) electrons. The molecule has 19 heavy (non-hydrogen) atoms. The molecule has 1 aliphatic heterocycles. The zero-order valence-electron chi connectivity index (χ0n) is 11.1. The van der Waals surface area contributed by atoms with Gasteiger partial charge in [0.05, 0.1) is 11.9 Å². The number of likely N-dealkylation sites (N-methyl/N-ethyl adjacent to an activating group) is 1. The van der Waals surface area contributed by atoms with Crippen LogP contribution in [0, 0.1) is 0 Å². The average Bonchev–Trinajstić information content (AvgIpc) is 2.92. The topological polar surface area (TPSA) is 7.12 Å². The number of hydrogen-bond donors (Lipinski definition) is 0. The van der Waals surface area contributed by atoms with Crippen molar-refractivity contribution in [2.24, 2.45) is 0 Å². The number of anilines is 1. The zero-order chi connectivity index (χ0) is 12.8. The van der Waals surface area contributed by atoms with Gasteiger partial charge in [-0.3, -0.25) is 4.90 Å². The zero-order valence-corrected chi connectivity index (χ0v) is 11.1. The van der Waals surface area contributed by atoms with Crippen LogP contribution in [0.4, 0.5) is 5.82 Å². The molecule has 0 saturated carbocycles. The van der Waals surface area contributed by atoms with Crippen molar-refractivity contribution in [1.29, 1.82) is 0 Å². The first-order chi connectivity index (χ1) is 9.40. The van der Waals surface area contributed by atoms with E-state index in [1.54, 1.807) is 0 Å². The molecule has 0 unspecified atom stereocenters. The van der Waals surface area contributed by atoms with Gasteiger partial charge in [0.2, 0.25) is 0 Å². The van der Waals surface area contributed by atoms with Crippen molar-refractivity contribution in [2.75, 3.05) is 18.0 Å². The van der Waals surface area contributed by atoms with Crippen LogP contribution in [0.1, 0.15) is 6.92 Å². The van der Waals surface area contributed by atoms with Gasteiger partial charge in [-0.1, -0.05) is 36.4 Å². The van der Waals surface area contributed by atoms with E-state index in [9.17, 15) is 0 Å². The van der Waals surface area contributed by atoms with Crippen molar-refractivity contribution in [2.45, 2.75) is 13.5 Å². The summed E-state index contributed by atoms with van der Waals surface area (Å²) >= 11 is 0.